The number of rotatable bonds is 4. The number of hydrogen-bond acceptors (Lipinski definition) is 4. The lowest BCUT2D eigenvalue weighted by atomic mass is 10.0. The Bertz CT molecular complexity index is 423. The molecule has 1 aliphatic carbocycles. The molecule has 1 aromatic heterocycles. The molecule has 1 aliphatic rings. The minimum Gasteiger partial charge on any atom is -0.288 e. The van der Waals surface area contributed by atoms with Crippen molar-refractivity contribution in [1.82, 2.24) is 9.59 Å². The maximum atomic E-state index is 12.4. The molecule has 3 nitrogen and oxygen atoms in total. The highest BCUT2D eigenvalue weighted by molar-refractivity contribution is 7.08. The predicted octanol–water partition coefficient (Wildman–Crippen LogP) is 3.56. The Kier molecular flexibility index (Phi) is 4.42. The van der Waals surface area contributed by atoms with Gasteiger partial charge in [0.05, 0.1) is 5.69 Å². The van der Waals surface area contributed by atoms with Gasteiger partial charge in [-0.1, -0.05) is 30.3 Å². The summed E-state index contributed by atoms with van der Waals surface area (Å²) in [5.74, 6) is 0.172. The molecule has 0 saturated heterocycles. The van der Waals surface area contributed by atoms with Gasteiger partial charge in [0.2, 0.25) is 5.78 Å². The van der Waals surface area contributed by atoms with Gasteiger partial charge in [0.15, 0.2) is 0 Å². The van der Waals surface area contributed by atoms with Crippen LogP contribution >= 0.6 is 11.5 Å². The zero-order chi connectivity index (χ0) is 12.1. The molecule has 0 unspecified atom stereocenters. The maximum absolute atomic E-state index is 12.4. The smallest absolute Gasteiger partial charge is 0.202 e. The van der Waals surface area contributed by atoms with E-state index in [1.54, 1.807) is 0 Å². The molecule has 1 heterocycles. The quantitative estimate of drug-likeness (QED) is 0.767. The van der Waals surface area contributed by atoms with E-state index < -0.39 is 0 Å². The molecule has 17 heavy (non-hydrogen) atoms. The Hall–Kier alpha value is -1.03. The van der Waals surface area contributed by atoms with Gasteiger partial charge in [-0.15, -0.1) is 5.10 Å². The van der Waals surface area contributed by atoms with Crippen molar-refractivity contribution in [3.8, 4) is 0 Å². The Balaban J connectivity index is 2.17. The molecule has 0 amide bonds. The van der Waals surface area contributed by atoms with Gasteiger partial charge in [0.25, 0.3) is 0 Å². The van der Waals surface area contributed by atoms with E-state index in [9.17, 15) is 4.79 Å². The second-order valence-corrected chi connectivity index (χ2v) is 5.21. The largest absolute Gasteiger partial charge is 0.288 e. The summed E-state index contributed by atoms with van der Waals surface area (Å²) in [4.78, 5) is 13.1. The number of aromatic nitrogens is 2. The van der Waals surface area contributed by atoms with Crippen LogP contribution in [-0.4, -0.2) is 15.4 Å². The molecular formula is C13H18N2OS. The molecule has 0 atom stereocenters. The van der Waals surface area contributed by atoms with Crippen molar-refractivity contribution in [2.24, 2.45) is 0 Å². The Morgan fingerprint density at radius 3 is 3.12 bits per heavy atom. The van der Waals surface area contributed by atoms with Gasteiger partial charge in [-0.2, -0.15) is 0 Å². The summed E-state index contributed by atoms with van der Waals surface area (Å²) in [6, 6.07) is 0. The van der Waals surface area contributed by atoms with E-state index in [1.807, 2.05) is 0 Å². The molecule has 0 saturated carbocycles. The fourth-order valence-corrected chi connectivity index (χ4v) is 2.83. The van der Waals surface area contributed by atoms with Crippen LogP contribution in [0.25, 0.3) is 0 Å². The van der Waals surface area contributed by atoms with Crippen molar-refractivity contribution in [2.75, 3.05) is 0 Å². The van der Waals surface area contributed by atoms with E-state index in [2.05, 4.69) is 22.6 Å². The first-order valence-electron chi connectivity index (χ1n) is 6.38. The standard InChI is InChI=1S/C13H18N2OS/c1-2-7-11-13(17-15-14-11)12(16)10-8-5-3-4-6-9-10/h8H,2-7,9H2,1H3. The van der Waals surface area contributed by atoms with Gasteiger partial charge >= 0.3 is 0 Å². The Morgan fingerprint density at radius 2 is 2.29 bits per heavy atom. The molecule has 0 bridgehead atoms. The average Bonchev–Trinajstić information content (AvgIpc) is 2.63. The summed E-state index contributed by atoms with van der Waals surface area (Å²) in [6.45, 7) is 2.10. The normalized spacial score (nSPS) is 16.4. The van der Waals surface area contributed by atoms with Gasteiger partial charge in [0, 0.05) is 0 Å². The topological polar surface area (TPSA) is 42.9 Å². The first-order valence-corrected chi connectivity index (χ1v) is 7.15. The van der Waals surface area contributed by atoms with Crippen LogP contribution in [0, 0.1) is 0 Å². The minimum absolute atomic E-state index is 0.172. The monoisotopic (exact) mass is 250 g/mol. The van der Waals surface area contributed by atoms with Crippen LogP contribution < -0.4 is 0 Å². The number of aryl methyl sites for hydroxylation is 1. The van der Waals surface area contributed by atoms with Crippen molar-refractivity contribution in [3.63, 3.8) is 0 Å². The van der Waals surface area contributed by atoms with Crippen LogP contribution in [0.5, 0.6) is 0 Å². The number of carbonyl (C=O) groups excluding carboxylic acids is 1. The number of nitrogens with zero attached hydrogens (tertiary/aromatic N) is 2. The second kappa shape index (κ2) is 6.05. The van der Waals surface area contributed by atoms with Gasteiger partial charge in [0.1, 0.15) is 4.88 Å². The van der Waals surface area contributed by atoms with Crippen LogP contribution in [0.3, 0.4) is 0 Å². The summed E-state index contributed by atoms with van der Waals surface area (Å²) >= 11 is 1.25. The number of hydrogen-bond donors (Lipinski definition) is 0. The van der Waals surface area contributed by atoms with E-state index in [-0.39, 0.29) is 5.78 Å². The summed E-state index contributed by atoms with van der Waals surface area (Å²) in [5, 5.41) is 4.07. The van der Waals surface area contributed by atoms with Gasteiger partial charge in [-0.25, -0.2) is 0 Å². The number of carbonyl (C=O) groups is 1. The first kappa shape index (κ1) is 12.4. The molecule has 1 aromatic rings. The molecule has 92 valence electrons. The second-order valence-electron chi connectivity index (χ2n) is 4.46. The van der Waals surface area contributed by atoms with Crippen molar-refractivity contribution in [2.45, 2.75) is 51.9 Å². The number of Topliss-reactive ketones (excluding diaryl/α,β-unsaturated/α-hetero) is 1. The van der Waals surface area contributed by atoms with Crippen LogP contribution in [0.2, 0.25) is 0 Å². The Morgan fingerprint density at radius 1 is 1.41 bits per heavy atom. The highest BCUT2D eigenvalue weighted by atomic mass is 32.1. The third-order valence-electron chi connectivity index (χ3n) is 3.08. The molecule has 0 radical (unpaired) electrons. The zero-order valence-electron chi connectivity index (χ0n) is 10.2. The number of ketones is 1. The average molecular weight is 250 g/mol. The first-order chi connectivity index (χ1) is 8.33. The van der Waals surface area contributed by atoms with E-state index in [4.69, 9.17) is 0 Å². The van der Waals surface area contributed by atoms with E-state index in [1.165, 1.54) is 24.4 Å². The van der Waals surface area contributed by atoms with Crippen molar-refractivity contribution in [3.05, 3.63) is 22.2 Å². The third kappa shape index (κ3) is 3.00. The zero-order valence-corrected chi connectivity index (χ0v) is 11.1. The van der Waals surface area contributed by atoms with E-state index in [0.29, 0.717) is 0 Å². The van der Waals surface area contributed by atoms with Gasteiger partial charge in [-0.05, 0) is 49.2 Å². The lowest BCUT2D eigenvalue weighted by Gasteiger charge is -2.03. The van der Waals surface area contributed by atoms with Crippen LogP contribution in [-0.2, 0) is 6.42 Å². The Labute approximate surface area is 106 Å². The van der Waals surface area contributed by atoms with Crippen molar-refractivity contribution in [1.29, 1.82) is 0 Å². The molecule has 0 aliphatic heterocycles. The predicted molar refractivity (Wildman–Crippen MR) is 69.4 cm³/mol. The molecule has 2 rings (SSSR count). The van der Waals surface area contributed by atoms with Crippen LogP contribution in [0.1, 0.15) is 60.8 Å². The van der Waals surface area contributed by atoms with Gasteiger partial charge in [-0.3, -0.25) is 4.79 Å². The summed E-state index contributed by atoms with van der Waals surface area (Å²) < 4.78 is 3.92. The summed E-state index contributed by atoms with van der Waals surface area (Å²) in [7, 11) is 0. The highest BCUT2D eigenvalue weighted by Crippen LogP contribution is 2.24. The van der Waals surface area contributed by atoms with E-state index >= 15 is 0 Å². The van der Waals surface area contributed by atoms with E-state index in [0.717, 1.165) is 48.2 Å². The lowest BCUT2D eigenvalue weighted by Crippen LogP contribution is -2.04. The minimum atomic E-state index is 0.172. The summed E-state index contributed by atoms with van der Waals surface area (Å²) in [6.07, 6.45) is 9.50. The molecule has 4 heteroatoms. The highest BCUT2D eigenvalue weighted by Gasteiger charge is 2.19. The van der Waals surface area contributed by atoms with Crippen LogP contribution in [0.4, 0.5) is 0 Å². The molecule has 0 spiro atoms. The van der Waals surface area contributed by atoms with Gasteiger partial charge < -0.3 is 0 Å². The molecular weight excluding hydrogens is 232 g/mol. The van der Waals surface area contributed by atoms with Crippen molar-refractivity contribution < 1.29 is 4.79 Å². The van der Waals surface area contributed by atoms with Crippen LogP contribution in [0.15, 0.2) is 11.6 Å². The van der Waals surface area contributed by atoms with Crippen molar-refractivity contribution >= 4 is 17.3 Å². The third-order valence-corrected chi connectivity index (χ3v) is 3.85. The number of allylic oxidation sites excluding steroid dienone is 2. The summed E-state index contributed by atoms with van der Waals surface area (Å²) in [5.41, 5.74) is 1.86. The lowest BCUT2D eigenvalue weighted by molar-refractivity contribution is 0.103. The fourth-order valence-electron chi connectivity index (χ4n) is 2.15. The SMILES string of the molecule is CCCc1nnsc1C(=O)C1=CCCCCC1. The molecule has 0 fully saturated rings. The fraction of sp³-hybridized carbons (Fsp3) is 0.615. The maximum Gasteiger partial charge on any atom is 0.202 e. The molecule has 0 aromatic carbocycles. The molecule has 0 N–H and O–H groups in total.